The molecule has 1 amide bonds. The lowest BCUT2D eigenvalue weighted by Crippen LogP contribution is -2.11. The van der Waals surface area contributed by atoms with Gasteiger partial charge in [0.05, 0.1) is 24.5 Å². The van der Waals surface area contributed by atoms with Crippen molar-refractivity contribution < 1.29 is 9.72 Å². The van der Waals surface area contributed by atoms with Crippen LogP contribution in [0.5, 0.6) is 0 Å². The smallest absolute Gasteiger partial charge is 0.343 e. The number of hydrogen-bond donors (Lipinski definition) is 2. The average Bonchev–Trinajstić information content (AvgIpc) is 3.32. The van der Waals surface area contributed by atoms with Gasteiger partial charge in [0.1, 0.15) is 0 Å². The maximum absolute atomic E-state index is 12.1. The van der Waals surface area contributed by atoms with Gasteiger partial charge >= 0.3 is 5.82 Å². The molecule has 0 aliphatic heterocycles. The molecule has 2 aromatic carbocycles. The number of fused-ring (bicyclic) bond motifs is 1. The first-order valence-corrected chi connectivity index (χ1v) is 8.10. The summed E-state index contributed by atoms with van der Waals surface area (Å²) in [6, 6.07) is 15.3. The molecule has 4 aromatic rings. The predicted octanol–water partition coefficient (Wildman–Crippen LogP) is 2.97. The van der Waals surface area contributed by atoms with Crippen LogP contribution in [0.25, 0.3) is 10.8 Å². The molecule has 0 spiro atoms. The third-order valence-electron chi connectivity index (χ3n) is 4.10. The molecule has 2 aromatic heterocycles. The maximum Gasteiger partial charge on any atom is 0.343 e. The summed E-state index contributed by atoms with van der Waals surface area (Å²) in [6.07, 6.45) is 3.21. The minimum absolute atomic E-state index is 0.0662. The number of aromatic amines is 1. The number of rotatable bonds is 5. The lowest BCUT2D eigenvalue weighted by Gasteiger charge is -2.06. The number of anilines is 1. The Balaban J connectivity index is 1.49. The van der Waals surface area contributed by atoms with Crippen molar-refractivity contribution in [2.45, 2.75) is 6.54 Å². The number of nitrogens with zero attached hydrogens (tertiary/aromatic N) is 4. The molecular weight excluding hydrogens is 348 g/mol. The van der Waals surface area contributed by atoms with Crippen LogP contribution in [0.1, 0.15) is 16.1 Å². The molecule has 0 atom stereocenters. The van der Waals surface area contributed by atoms with E-state index in [1.807, 2.05) is 24.3 Å². The summed E-state index contributed by atoms with van der Waals surface area (Å²) >= 11 is 0. The molecule has 0 aliphatic carbocycles. The third-order valence-corrected chi connectivity index (χ3v) is 4.10. The number of amides is 1. The van der Waals surface area contributed by atoms with Crippen LogP contribution in [0.2, 0.25) is 0 Å². The van der Waals surface area contributed by atoms with Gasteiger partial charge in [-0.05, 0) is 21.3 Å². The van der Waals surface area contributed by atoms with E-state index in [-0.39, 0.29) is 11.5 Å². The molecule has 0 unspecified atom stereocenters. The molecule has 0 fully saturated rings. The Bertz CT molecular complexity index is 1140. The van der Waals surface area contributed by atoms with Gasteiger partial charge in [0.25, 0.3) is 5.91 Å². The lowest BCUT2D eigenvalue weighted by molar-refractivity contribution is -0.389. The highest BCUT2D eigenvalue weighted by Gasteiger charge is 2.17. The zero-order valence-corrected chi connectivity index (χ0v) is 14.0. The van der Waals surface area contributed by atoms with Crippen molar-refractivity contribution in [3.63, 3.8) is 0 Å². The number of nitro groups is 1. The quantitative estimate of drug-likeness (QED) is 0.418. The third kappa shape index (κ3) is 3.38. The number of H-pyrrole nitrogens is 1. The Kier molecular flexibility index (Phi) is 4.09. The molecule has 0 saturated heterocycles. The molecule has 134 valence electrons. The Morgan fingerprint density at radius 3 is 2.85 bits per heavy atom. The largest absolute Gasteiger partial charge is 0.358 e. The lowest BCUT2D eigenvalue weighted by atomic mass is 10.0. The molecule has 0 aliphatic rings. The number of aromatic nitrogens is 4. The van der Waals surface area contributed by atoms with Crippen LogP contribution in [0.4, 0.5) is 11.5 Å². The van der Waals surface area contributed by atoms with Gasteiger partial charge in [-0.25, -0.2) is 0 Å². The number of nitrogens with one attached hydrogen (secondary N) is 2. The number of carbonyl (C=O) groups excluding carboxylic acids is 1. The summed E-state index contributed by atoms with van der Waals surface area (Å²) < 4.78 is 1.71. The molecule has 9 nitrogen and oxygen atoms in total. The van der Waals surface area contributed by atoms with Crippen LogP contribution in [-0.2, 0) is 6.54 Å². The van der Waals surface area contributed by atoms with Crippen LogP contribution in [0.15, 0.2) is 60.9 Å². The van der Waals surface area contributed by atoms with E-state index in [2.05, 4.69) is 38.8 Å². The van der Waals surface area contributed by atoms with E-state index in [1.165, 1.54) is 6.20 Å². The van der Waals surface area contributed by atoms with Crippen molar-refractivity contribution in [2.24, 2.45) is 0 Å². The summed E-state index contributed by atoms with van der Waals surface area (Å²) in [7, 11) is 0. The fraction of sp³-hybridized carbons (Fsp3) is 0.0556. The first kappa shape index (κ1) is 16.5. The van der Waals surface area contributed by atoms with E-state index in [1.54, 1.807) is 10.9 Å². The van der Waals surface area contributed by atoms with Gasteiger partial charge < -0.3 is 15.4 Å². The summed E-state index contributed by atoms with van der Waals surface area (Å²) in [5.74, 6) is -0.893. The van der Waals surface area contributed by atoms with Crippen LogP contribution >= 0.6 is 0 Å². The number of carbonyl (C=O) groups is 1. The van der Waals surface area contributed by atoms with Crippen molar-refractivity contribution in [3.05, 3.63) is 82.3 Å². The van der Waals surface area contributed by atoms with Crippen LogP contribution < -0.4 is 5.32 Å². The second-order valence-corrected chi connectivity index (χ2v) is 5.91. The highest BCUT2D eigenvalue weighted by atomic mass is 16.6. The van der Waals surface area contributed by atoms with Crippen LogP contribution in [-0.4, -0.2) is 30.8 Å². The van der Waals surface area contributed by atoms with Crippen molar-refractivity contribution in [2.75, 3.05) is 5.32 Å². The molecule has 0 radical (unpaired) electrons. The number of benzene rings is 2. The zero-order valence-electron chi connectivity index (χ0n) is 14.0. The zero-order chi connectivity index (χ0) is 18.8. The Labute approximate surface area is 152 Å². The highest BCUT2D eigenvalue weighted by Crippen LogP contribution is 2.20. The van der Waals surface area contributed by atoms with E-state index >= 15 is 0 Å². The van der Waals surface area contributed by atoms with Gasteiger partial charge in [-0.2, -0.15) is 5.10 Å². The summed E-state index contributed by atoms with van der Waals surface area (Å²) in [6.45, 7) is 0.547. The van der Waals surface area contributed by atoms with E-state index in [0.717, 1.165) is 22.4 Å². The molecular formula is C18H14N6O3. The molecule has 9 heteroatoms. The van der Waals surface area contributed by atoms with E-state index < -0.39 is 10.8 Å². The fourth-order valence-corrected chi connectivity index (χ4v) is 2.84. The van der Waals surface area contributed by atoms with Gasteiger partial charge in [0.15, 0.2) is 5.69 Å². The highest BCUT2D eigenvalue weighted by molar-refractivity contribution is 6.03. The van der Waals surface area contributed by atoms with Crippen molar-refractivity contribution in [1.29, 1.82) is 0 Å². The first-order valence-electron chi connectivity index (χ1n) is 8.10. The van der Waals surface area contributed by atoms with E-state index in [9.17, 15) is 14.9 Å². The van der Waals surface area contributed by atoms with E-state index in [4.69, 9.17) is 0 Å². The maximum atomic E-state index is 12.1. The minimum Gasteiger partial charge on any atom is -0.358 e. The summed E-state index contributed by atoms with van der Waals surface area (Å²) in [4.78, 5) is 22.1. The minimum atomic E-state index is -0.647. The topological polar surface area (TPSA) is 119 Å². The van der Waals surface area contributed by atoms with Gasteiger partial charge in [-0.1, -0.05) is 47.6 Å². The molecule has 2 heterocycles. The Hall–Kier alpha value is -4.01. The predicted molar refractivity (Wildman–Crippen MR) is 98.5 cm³/mol. The second-order valence-electron chi connectivity index (χ2n) is 5.91. The van der Waals surface area contributed by atoms with Crippen molar-refractivity contribution in [3.8, 4) is 0 Å². The van der Waals surface area contributed by atoms with Crippen molar-refractivity contribution >= 4 is 28.2 Å². The second kappa shape index (κ2) is 6.71. The average molecular weight is 362 g/mol. The van der Waals surface area contributed by atoms with Gasteiger partial charge in [-0.15, -0.1) is 5.10 Å². The Morgan fingerprint density at radius 1 is 1.22 bits per heavy atom. The molecule has 27 heavy (non-hydrogen) atoms. The van der Waals surface area contributed by atoms with Crippen LogP contribution in [0.3, 0.4) is 0 Å². The standard InChI is InChI=1S/C18H14N6O3/c25-18(16-8-17(22-21-16)24(26)27)20-14-9-19-23(11-14)10-13-6-3-5-12-4-1-2-7-15(12)13/h1-9,11H,10H2,(H,20,25)(H,21,22). The SMILES string of the molecule is O=C(Nc1cnn(Cc2cccc3ccccc23)c1)c1cc([N+](=O)[O-])[nH]n1. The molecule has 0 bridgehead atoms. The van der Waals surface area contributed by atoms with Crippen LogP contribution in [0, 0.1) is 10.1 Å². The van der Waals surface area contributed by atoms with Gasteiger partial charge in [0.2, 0.25) is 0 Å². The van der Waals surface area contributed by atoms with E-state index in [0.29, 0.717) is 12.2 Å². The molecule has 2 N–H and O–H groups in total. The monoisotopic (exact) mass is 362 g/mol. The molecule has 4 rings (SSSR count). The normalized spacial score (nSPS) is 10.8. The summed E-state index contributed by atoms with van der Waals surface area (Å²) in [5, 5.41) is 25.7. The van der Waals surface area contributed by atoms with Gasteiger partial charge in [0, 0.05) is 6.20 Å². The van der Waals surface area contributed by atoms with Gasteiger partial charge in [-0.3, -0.25) is 9.48 Å². The Morgan fingerprint density at radius 2 is 2.04 bits per heavy atom. The number of hydrogen-bond acceptors (Lipinski definition) is 5. The summed E-state index contributed by atoms with van der Waals surface area (Å²) in [5.41, 5.74) is 1.52. The molecule has 0 saturated carbocycles. The fourth-order valence-electron chi connectivity index (χ4n) is 2.84. The van der Waals surface area contributed by atoms with Crippen molar-refractivity contribution in [1.82, 2.24) is 20.0 Å². The first-order chi connectivity index (χ1) is 13.1.